The summed E-state index contributed by atoms with van der Waals surface area (Å²) in [5, 5.41) is 0. The molecule has 0 aromatic heterocycles. The number of hydrogen-bond donors (Lipinski definition) is 0. The van der Waals surface area contributed by atoms with Crippen LogP contribution in [0.2, 0.25) is 0 Å². The second-order valence-electron chi connectivity index (χ2n) is 4.33. The highest BCUT2D eigenvalue weighted by molar-refractivity contribution is 5.96. The maximum Gasteiger partial charge on any atom is 0.163 e. The fourth-order valence-corrected chi connectivity index (χ4v) is 1.79. The van der Waals surface area contributed by atoms with Crippen LogP contribution in [0.25, 0.3) is 0 Å². The van der Waals surface area contributed by atoms with Crippen molar-refractivity contribution in [3.8, 4) is 11.5 Å². The summed E-state index contributed by atoms with van der Waals surface area (Å²) in [6.07, 6.45) is 0. The number of ether oxygens (including phenoxy) is 2. The molecule has 0 aliphatic rings. The van der Waals surface area contributed by atoms with E-state index in [0.717, 1.165) is 11.3 Å². The highest BCUT2D eigenvalue weighted by Crippen LogP contribution is 2.22. The standard InChI is InChI=1S/C16H15FO3/c1-11(18)15-9-13(17)5-8-16(15)20-10-12-3-6-14(19-2)7-4-12/h3-9H,10H2,1-2H3. The molecule has 0 radical (unpaired) electrons. The maximum atomic E-state index is 13.1. The molecule has 0 amide bonds. The summed E-state index contributed by atoms with van der Waals surface area (Å²) in [4.78, 5) is 11.5. The summed E-state index contributed by atoms with van der Waals surface area (Å²) >= 11 is 0. The molecule has 0 atom stereocenters. The molecule has 2 rings (SSSR count). The Kier molecular flexibility index (Phi) is 4.35. The fourth-order valence-electron chi connectivity index (χ4n) is 1.79. The van der Waals surface area contributed by atoms with Crippen LogP contribution in [0.1, 0.15) is 22.8 Å². The third-order valence-corrected chi connectivity index (χ3v) is 2.87. The van der Waals surface area contributed by atoms with E-state index in [2.05, 4.69) is 0 Å². The number of halogens is 1. The van der Waals surface area contributed by atoms with E-state index in [0.29, 0.717) is 12.4 Å². The number of ketones is 1. The first-order chi connectivity index (χ1) is 9.60. The topological polar surface area (TPSA) is 35.5 Å². The van der Waals surface area contributed by atoms with E-state index in [-0.39, 0.29) is 11.3 Å². The lowest BCUT2D eigenvalue weighted by molar-refractivity contribution is 0.101. The highest BCUT2D eigenvalue weighted by atomic mass is 19.1. The Labute approximate surface area is 117 Å². The molecule has 0 fully saturated rings. The Morgan fingerprint density at radius 1 is 1.15 bits per heavy atom. The van der Waals surface area contributed by atoms with E-state index in [9.17, 15) is 9.18 Å². The Morgan fingerprint density at radius 3 is 2.45 bits per heavy atom. The van der Waals surface area contributed by atoms with Gasteiger partial charge in [-0.1, -0.05) is 12.1 Å². The van der Waals surface area contributed by atoms with Gasteiger partial charge < -0.3 is 9.47 Å². The quantitative estimate of drug-likeness (QED) is 0.781. The number of benzene rings is 2. The Balaban J connectivity index is 2.12. The van der Waals surface area contributed by atoms with E-state index >= 15 is 0 Å². The van der Waals surface area contributed by atoms with Crippen LogP contribution in [0.15, 0.2) is 42.5 Å². The van der Waals surface area contributed by atoms with E-state index < -0.39 is 5.82 Å². The first kappa shape index (κ1) is 14.1. The normalized spacial score (nSPS) is 10.2. The highest BCUT2D eigenvalue weighted by Gasteiger charge is 2.10. The Hall–Kier alpha value is -2.36. The largest absolute Gasteiger partial charge is 0.497 e. The van der Waals surface area contributed by atoms with Crippen molar-refractivity contribution in [2.75, 3.05) is 7.11 Å². The minimum Gasteiger partial charge on any atom is -0.497 e. The average Bonchev–Trinajstić information content (AvgIpc) is 2.46. The van der Waals surface area contributed by atoms with Crippen LogP contribution in [0.3, 0.4) is 0 Å². The van der Waals surface area contributed by atoms with Gasteiger partial charge in [0.1, 0.15) is 23.9 Å². The lowest BCUT2D eigenvalue weighted by Crippen LogP contribution is -2.02. The molecular weight excluding hydrogens is 259 g/mol. The van der Waals surface area contributed by atoms with Gasteiger partial charge >= 0.3 is 0 Å². The van der Waals surface area contributed by atoms with Gasteiger partial charge in [-0.05, 0) is 42.8 Å². The summed E-state index contributed by atoms with van der Waals surface area (Å²) in [6.45, 7) is 1.69. The zero-order valence-corrected chi connectivity index (χ0v) is 11.4. The summed E-state index contributed by atoms with van der Waals surface area (Å²) < 4.78 is 23.8. The predicted molar refractivity (Wildman–Crippen MR) is 73.7 cm³/mol. The smallest absolute Gasteiger partial charge is 0.163 e. The lowest BCUT2D eigenvalue weighted by Gasteiger charge is -2.10. The molecule has 0 spiro atoms. The molecule has 0 aliphatic carbocycles. The molecular formula is C16H15FO3. The van der Waals surface area contributed by atoms with Crippen molar-refractivity contribution in [2.24, 2.45) is 0 Å². The third-order valence-electron chi connectivity index (χ3n) is 2.87. The van der Waals surface area contributed by atoms with Crippen LogP contribution in [-0.2, 0) is 6.61 Å². The minimum absolute atomic E-state index is 0.228. The summed E-state index contributed by atoms with van der Waals surface area (Å²) in [5.41, 5.74) is 1.18. The van der Waals surface area contributed by atoms with E-state index in [4.69, 9.17) is 9.47 Å². The van der Waals surface area contributed by atoms with Crippen molar-refractivity contribution >= 4 is 5.78 Å². The predicted octanol–water partition coefficient (Wildman–Crippen LogP) is 3.62. The molecule has 0 saturated carbocycles. The Morgan fingerprint density at radius 2 is 1.85 bits per heavy atom. The molecule has 20 heavy (non-hydrogen) atoms. The van der Waals surface area contributed by atoms with Crippen molar-refractivity contribution in [1.82, 2.24) is 0 Å². The fraction of sp³-hybridized carbons (Fsp3) is 0.188. The second kappa shape index (κ2) is 6.19. The molecule has 0 heterocycles. The van der Waals surface area contributed by atoms with Crippen LogP contribution in [0.5, 0.6) is 11.5 Å². The number of carbonyl (C=O) groups is 1. The van der Waals surface area contributed by atoms with Crippen LogP contribution in [-0.4, -0.2) is 12.9 Å². The van der Waals surface area contributed by atoms with Gasteiger partial charge in [0, 0.05) is 0 Å². The molecule has 0 bridgehead atoms. The molecule has 0 unspecified atom stereocenters. The van der Waals surface area contributed by atoms with Crippen molar-refractivity contribution < 1.29 is 18.7 Å². The van der Waals surface area contributed by atoms with E-state index in [1.807, 2.05) is 24.3 Å². The van der Waals surface area contributed by atoms with Crippen molar-refractivity contribution in [2.45, 2.75) is 13.5 Å². The van der Waals surface area contributed by atoms with Gasteiger partial charge in [0.05, 0.1) is 12.7 Å². The third kappa shape index (κ3) is 3.35. The molecule has 2 aromatic carbocycles. The maximum absolute atomic E-state index is 13.1. The van der Waals surface area contributed by atoms with Gasteiger partial charge in [0.2, 0.25) is 0 Å². The van der Waals surface area contributed by atoms with Crippen molar-refractivity contribution in [3.05, 3.63) is 59.4 Å². The zero-order valence-electron chi connectivity index (χ0n) is 11.4. The minimum atomic E-state index is -0.452. The second-order valence-corrected chi connectivity index (χ2v) is 4.33. The number of carbonyl (C=O) groups excluding carboxylic acids is 1. The molecule has 2 aromatic rings. The van der Waals surface area contributed by atoms with Crippen LogP contribution >= 0.6 is 0 Å². The van der Waals surface area contributed by atoms with Gasteiger partial charge in [-0.15, -0.1) is 0 Å². The number of methoxy groups -OCH3 is 1. The molecule has 0 N–H and O–H groups in total. The molecule has 4 heteroatoms. The molecule has 0 saturated heterocycles. The summed E-state index contributed by atoms with van der Waals surface area (Å²) in [6, 6.07) is 11.3. The van der Waals surface area contributed by atoms with Crippen LogP contribution in [0.4, 0.5) is 4.39 Å². The van der Waals surface area contributed by atoms with Crippen LogP contribution in [0, 0.1) is 5.82 Å². The lowest BCUT2D eigenvalue weighted by atomic mass is 10.1. The van der Waals surface area contributed by atoms with Gasteiger partial charge in [-0.2, -0.15) is 0 Å². The van der Waals surface area contributed by atoms with Gasteiger partial charge in [-0.25, -0.2) is 4.39 Å². The van der Waals surface area contributed by atoms with Crippen molar-refractivity contribution in [3.63, 3.8) is 0 Å². The number of rotatable bonds is 5. The first-order valence-corrected chi connectivity index (χ1v) is 6.16. The monoisotopic (exact) mass is 274 g/mol. The van der Waals surface area contributed by atoms with E-state index in [1.165, 1.54) is 25.1 Å². The number of Topliss-reactive ketones (excluding diaryl/α,β-unsaturated/α-hetero) is 1. The molecule has 0 aliphatic heterocycles. The summed E-state index contributed by atoms with van der Waals surface area (Å²) in [5.74, 6) is 0.468. The van der Waals surface area contributed by atoms with Gasteiger partial charge in [0.25, 0.3) is 0 Å². The van der Waals surface area contributed by atoms with Crippen molar-refractivity contribution in [1.29, 1.82) is 0 Å². The molecule has 104 valence electrons. The van der Waals surface area contributed by atoms with Crippen LogP contribution < -0.4 is 9.47 Å². The van der Waals surface area contributed by atoms with Gasteiger partial charge in [-0.3, -0.25) is 4.79 Å². The number of hydrogen-bond acceptors (Lipinski definition) is 3. The molecule has 3 nitrogen and oxygen atoms in total. The van der Waals surface area contributed by atoms with E-state index in [1.54, 1.807) is 7.11 Å². The SMILES string of the molecule is COc1ccc(COc2ccc(F)cc2C(C)=O)cc1. The summed E-state index contributed by atoms with van der Waals surface area (Å²) in [7, 11) is 1.60. The van der Waals surface area contributed by atoms with Gasteiger partial charge in [0.15, 0.2) is 5.78 Å². The first-order valence-electron chi connectivity index (χ1n) is 6.16. The zero-order chi connectivity index (χ0) is 14.5. The average molecular weight is 274 g/mol. The Bertz CT molecular complexity index is 606.